The average molecular weight is 1120 g/mol. The molecule has 2 aromatic rings. The van der Waals surface area contributed by atoms with Crippen molar-refractivity contribution in [1.29, 1.82) is 0 Å². The summed E-state index contributed by atoms with van der Waals surface area (Å²) >= 11 is 0. The fourth-order valence-corrected chi connectivity index (χ4v) is 11.3. The van der Waals surface area contributed by atoms with Gasteiger partial charge < -0.3 is 19.4 Å². The van der Waals surface area contributed by atoms with Gasteiger partial charge in [-0.1, -0.05) is 347 Å². The molecule has 0 aromatic heterocycles. The van der Waals surface area contributed by atoms with Crippen LogP contribution in [-0.2, 0) is 29.3 Å². The van der Waals surface area contributed by atoms with Crippen molar-refractivity contribution in [3.8, 4) is 0 Å². The molecule has 3 heteroatoms. The van der Waals surface area contributed by atoms with Gasteiger partial charge in [0.15, 0.2) is 0 Å². The van der Waals surface area contributed by atoms with Gasteiger partial charge in [0.1, 0.15) is 0 Å². The molecule has 0 radical (unpaired) electrons. The van der Waals surface area contributed by atoms with E-state index in [1.807, 2.05) is 0 Å². The van der Waals surface area contributed by atoms with Crippen molar-refractivity contribution < 1.29 is 21.2 Å². The van der Waals surface area contributed by atoms with Crippen LogP contribution in [0.1, 0.15) is 378 Å². The van der Waals surface area contributed by atoms with E-state index in [4.69, 9.17) is 0 Å². The molecule has 2 nitrogen and oxygen atoms in total. The summed E-state index contributed by atoms with van der Waals surface area (Å²) in [6, 6.07) is 17.4. The van der Waals surface area contributed by atoms with Crippen LogP contribution in [-0.4, -0.2) is 4.70 Å². The van der Waals surface area contributed by atoms with Crippen molar-refractivity contribution in [2.75, 3.05) is 0 Å². The molecular formula is C75H132N2Ni. The summed E-state index contributed by atoms with van der Waals surface area (Å²) in [6.45, 7) is 19.0. The smallest absolute Gasteiger partial charge is 0.493 e. The van der Waals surface area contributed by atoms with E-state index in [0.717, 1.165) is 53.8 Å². The van der Waals surface area contributed by atoms with Gasteiger partial charge in [0.2, 0.25) is 11.4 Å². The summed E-state index contributed by atoms with van der Waals surface area (Å²) < 4.78 is 1.38. The maximum absolute atomic E-state index is 11.0. The summed E-state index contributed by atoms with van der Waals surface area (Å²) in [5, 5.41) is 0. The van der Waals surface area contributed by atoms with Gasteiger partial charge in [-0.05, 0) is 68.0 Å². The first-order chi connectivity index (χ1) is 38.0. The maximum Gasteiger partial charge on any atom is 2.00 e. The largest absolute Gasteiger partial charge is 2.00 e. The standard InChI is InChI=1S/C29H38N2.2C23H47.Ni/c1-4-6-8-10-13-24-17-19-26(20-18-24)29-23(3)21-28(31(29)30)27-16-12-15-25(22-27)14-11-9-7-5-2;2*1-3-5-7-9-11-13-15-17-19-21-23-22-20-18-16-14-12-10-8-6-4-2;/h12,15-22H,4-11,13-14H2,1-3H3;2*1,3-23H2,2H3;/q;2*-1;+2. The molecule has 1 aliphatic heterocycles. The fraction of sp³-hybridized carbons (Fsp3) is 0.760. The topological polar surface area (TPSA) is 25.3 Å². The molecule has 78 heavy (non-hydrogen) atoms. The first kappa shape index (κ1) is 76.0. The molecule has 0 amide bonds. The Hall–Kier alpha value is -1.99. The van der Waals surface area contributed by atoms with E-state index in [-0.39, 0.29) is 16.5 Å². The molecule has 3 rings (SSSR count). The Kier molecular flexibility index (Phi) is 58.1. The summed E-state index contributed by atoms with van der Waals surface area (Å²) in [5.41, 5.74) is 18.8. The fourth-order valence-electron chi connectivity index (χ4n) is 11.3. The molecule has 0 saturated heterocycles. The minimum absolute atomic E-state index is 0. The SMILES string of the molecule is CCCCCCc1ccc(C2=C(C)C=C(c3cccc(CCCCCC)c3)[N+]2=[N-])cc1.[CH2-]CCCCCCCCCCCCCCCCCCCCCC.[CH2-]CCCCCCCCCCCCCCCCCCCCCC.[Ni+2]. The molecule has 0 aliphatic carbocycles. The van der Waals surface area contributed by atoms with Crippen LogP contribution >= 0.6 is 0 Å². The molecule has 0 atom stereocenters. The number of unbranched alkanes of at least 4 members (excludes halogenated alkanes) is 46. The van der Waals surface area contributed by atoms with Crippen molar-refractivity contribution >= 4 is 11.4 Å². The van der Waals surface area contributed by atoms with E-state index in [0.29, 0.717) is 0 Å². The third kappa shape index (κ3) is 44.6. The summed E-state index contributed by atoms with van der Waals surface area (Å²) in [5.74, 6) is 0. The normalized spacial score (nSPS) is 12.1. The molecule has 1 aliphatic rings. The van der Waals surface area contributed by atoms with E-state index < -0.39 is 0 Å². The third-order valence-electron chi connectivity index (χ3n) is 16.5. The molecule has 0 bridgehead atoms. The Morgan fingerprint density at radius 3 is 0.923 bits per heavy atom. The quantitative estimate of drug-likeness (QED) is 0.0273. The van der Waals surface area contributed by atoms with Gasteiger partial charge in [-0.25, -0.2) is 4.70 Å². The second kappa shape index (κ2) is 59.6. The Morgan fingerprint density at radius 2 is 0.615 bits per heavy atom. The van der Waals surface area contributed by atoms with Crippen LogP contribution in [0.2, 0.25) is 0 Å². The van der Waals surface area contributed by atoms with Crippen LogP contribution in [0.15, 0.2) is 60.2 Å². The van der Waals surface area contributed by atoms with Gasteiger partial charge in [-0.2, -0.15) is 12.8 Å². The number of allylic oxidation sites excluding steroid dienone is 2. The van der Waals surface area contributed by atoms with Crippen molar-refractivity contribution in [2.24, 2.45) is 0 Å². The van der Waals surface area contributed by atoms with Crippen molar-refractivity contribution in [3.63, 3.8) is 0 Å². The van der Waals surface area contributed by atoms with Gasteiger partial charge in [0.25, 0.3) is 0 Å². The summed E-state index contributed by atoms with van der Waals surface area (Å²) in [7, 11) is 0. The number of rotatable bonds is 52. The third-order valence-corrected chi connectivity index (χ3v) is 16.5. The zero-order chi connectivity index (χ0) is 55.8. The van der Waals surface area contributed by atoms with Crippen LogP contribution in [0.3, 0.4) is 0 Å². The second-order valence-electron chi connectivity index (χ2n) is 24.0. The van der Waals surface area contributed by atoms with Gasteiger partial charge in [0, 0.05) is 22.8 Å². The molecule has 0 fully saturated rings. The number of aryl methyl sites for hydroxylation is 2. The van der Waals surface area contributed by atoms with Crippen molar-refractivity contribution in [3.05, 3.63) is 102 Å². The first-order valence-corrected chi connectivity index (χ1v) is 34.7. The molecule has 0 saturated carbocycles. The van der Waals surface area contributed by atoms with E-state index >= 15 is 0 Å². The van der Waals surface area contributed by atoms with E-state index in [1.165, 1.54) is 324 Å². The zero-order valence-corrected chi connectivity index (χ0v) is 54.1. The molecule has 452 valence electrons. The van der Waals surface area contributed by atoms with E-state index in [2.05, 4.69) is 103 Å². The zero-order valence-electron chi connectivity index (χ0n) is 53.1. The Bertz CT molecular complexity index is 1540. The van der Waals surface area contributed by atoms with Crippen LogP contribution in [0, 0.1) is 13.8 Å². The monoisotopic (exact) mass is 1120 g/mol. The predicted molar refractivity (Wildman–Crippen MR) is 349 cm³/mol. The van der Waals surface area contributed by atoms with Crippen LogP contribution in [0.25, 0.3) is 16.9 Å². The Labute approximate surface area is 500 Å². The van der Waals surface area contributed by atoms with Gasteiger partial charge in [-0.3, -0.25) is 0 Å². The van der Waals surface area contributed by atoms with Gasteiger partial charge in [0.05, 0.1) is 0 Å². The maximum atomic E-state index is 11.0. The molecule has 0 N–H and O–H groups in total. The summed E-state index contributed by atoms with van der Waals surface area (Å²) in [6.07, 6.45) is 75.2. The summed E-state index contributed by atoms with van der Waals surface area (Å²) in [4.78, 5) is 0. The van der Waals surface area contributed by atoms with Crippen molar-refractivity contribution in [2.45, 2.75) is 369 Å². The average Bonchev–Trinajstić information content (AvgIpc) is 3.75. The van der Waals surface area contributed by atoms with Crippen LogP contribution < -0.4 is 0 Å². The minimum atomic E-state index is 0. The molecule has 0 unspecified atom stereocenters. The molecule has 2 aromatic carbocycles. The number of nitrogens with zero attached hydrogens (tertiary/aromatic N) is 2. The number of benzene rings is 2. The minimum Gasteiger partial charge on any atom is -0.493 e. The second-order valence-corrected chi connectivity index (χ2v) is 24.0. The van der Waals surface area contributed by atoms with Gasteiger partial charge >= 0.3 is 16.5 Å². The predicted octanol–water partition coefficient (Wildman–Crippen LogP) is 26.8. The van der Waals surface area contributed by atoms with Crippen molar-refractivity contribution in [1.82, 2.24) is 0 Å². The Balaban J connectivity index is 0.00000116. The molecular weight excluding hydrogens is 988 g/mol. The van der Waals surface area contributed by atoms with E-state index in [1.54, 1.807) is 0 Å². The molecule has 1 heterocycles. The Morgan fingerprint density at radius 1 is 0.333 bits per heavy atom. The molecule has 0 spiro atoms. The number of hydrogen-bond acceptors (Lipinski definition) is 0. The van der Waals surface area contributed by atoms with Crippen LogP contribution in [0.4, 0.5) is 0 Å². The van der Waals surface area contributed by atoms with E-state index in [9.17, 15) is 5.53 Å². The first-order valence-electron chi connectivity index (χ1n) is 34.7. The number of hydrogen-bond donors (Lipinski definition) is 0. The van der Waals surface area contributed by atoms with Crippen LogP contribution in [0.5, 0.6) is 0 Å². The van der Waals surface area contributed by atoms with Gasteiger partial charge in [-0.15, -0.1) is 0 Å².